The zero-order valence-electron chi connectivity index (χ0n) is 12.2. The van der Waals surface area contributed by atoms with Crippen LogP contribution in [0.3, 0.4) is 0 Å². The second kappa shape index (κ2) is 4.79. The van der Waals surface area contributed by atoms with Crippen LogP contribution in [-0.2, 0) is 4.74 Å². The van der Waals surface area contributed by atoms with Crippen molar-refractivity contribution in [2.75, 3.05) is 13.2 Å². The summed E-state index contributed by atoms with van der Waals surface area (Å²) < 4.78 is 5.98. The highest BCUT2D eigenvalue weighted by Gasteiger charge is 2.57. The number of ether oxygens (including phenoxy) is 1. The number of hydrogen-bond donors (Lipinski definition) is 1. The Morgan fingerprint density at radius 1 is 1.17 bits per heavy atom. The van der Waals surface area contributed by atoms with Gasteiger partial charge in [-0.25, -0.2) is 0 Å². The molecular formula is C16H29NO. The van der Waals surface area contributed by atoms with E-state index < -0.39 is 0 Å². The van der Waals surface area contributed by atoms with E-state index in [-0.39, 0.29) is 0 Å². The fourth-order valence-electron chi connectivity index (χ4n) is 4.74. The van der Waals surface area contributed by atoms with E-state index in [9.17, 15) is 0 Å². The molecule has 0 bridgehead atoms. The van der Waals surface area contributed by atoms with Crippen LogP contribution in [0.4, 0.5) is 0 Å². The summed E-state index contributed by atoms with van der Waals surface area (Å²) in [6, 6.07) is 0.690. The number of rotatable bonds is 3. The lowest BCUT2D eigenvalue weighted by molar-refractivity contribution is -0.193. The molecule has 0 aromatic carbocycles. The van der Waals surface area contributed by atoms with Crippen LogP contribution >= 0.6 is 0 Å². The van der Waals surface area contributed by atoms with Gasteiger partial charge in [-0.05, 0) is 37.6 Å². The Labute approximate surface area is 112 Å². The van der Waals surface area contributed by atoms with E-state index in [4.69, 9.17) is 4.74 Å². The van der Waals surface area contributed by atoms with Crippen molar-refractivity contribution in [1.29, 1.82) is 0 Å². The highest BCUT2D eigenvalue weighted by atomic mass is 16.5. The van der Waals surface area contributed by atoms with Crippen molar-refractivity contribution >= 4 is 0 Å². The maximum absolute atomic E-state index is 5.98. The molecule has 0 aromatic heterocycles. The third-order valence-corrected chi connectivity index (χ3v) is 5.97. The molecule has 0 amide bonds. The average molecular weight is 251 g/mol. The predicted octanol–water partition coefficient (Wildman–Crippen LogP) is 3.22. The van der Waals surface area contributed by atoms with Gasteiger partial charge in [-0.3, -0.25) is 0 Å². The van der Waals surface area contributed by atoms with Crippen molar-refractivity contribution in [2.24, 2.45) is 23.2 Å². The van der Waals surface area contributed by atoms with E-state index in [0.717, 1.165) is 24.4 Å². The molecule has 5 atom stereocenters. The summed E-state index contributed by atoms with van der Waals surface area (Å²) in [6.07, 6.45) is 7.46. The van der Waals surface area contributed by atoms with Crippen molar-refractivity contribution in [2.45, 2.75) is 65.0 Å². The summed E-state index contributed by atoms with van der Waals surface area (Å²) >= 11 is 0. The summed E-state index contributed by atoms with van der Waals surface area (Å²) in [5.74, 6) is 2.63. The van der Waals surface area contributed by atoms with Gasteiger partial charge in [0.15, 0.2) is 0 Å². The predicted molar refractivity (Wildman–Crippen MR) is 74.5 cm³/mol. The number of nitrogens with one attached hydrogen (secondary N) is 1. The fourth-order valence-corrected chi connectivity index (χ4v) is 4.74. The first-order valence-electron chi connectivity index (χ1n) is 7.95. The third kappa shape index (κ3) is 2.02. The van der Waals surface area contributed by atoms with Gasteiger partial charge in [-0.15, -0.1) is 0 Å². The molecule has 5 unspecified atom stereocenters. The van der Waals surface area contributed by atoms with Crippen LogP contribution in [0.5, 0.6) is 0 Å². The normalized spacial score (nSPS) is 46.5. The molecule has 18 heavy (non-hydrogen) atoms. The molecule has 1 heterocycles. The summed E-state index contributed by atoms with van der Waals surface area (Å²) in [6.45, 7) is 9.41. The fraction of sp³-hybridized carbons (Fsp3) is 1.00. The van der Waals surface area contributed by atoms with Gasteiger partial charge in [0.2, 0.25) is 0 Å². The summed E-state index contributed by atoms with van der Waals surface area (Å²) in [4.78, 5) is 0. The van der Waals surface area contributed by atoms with Gasteiger partial charge in [-0.2, -0.15) is 0 Å². The molecule has 1 saturated heterocycles. The van der Waals surface area contributed by atoms with E-state index in [1.54, 1.807) is 0 Å². The van der Waals surface area contributed by atoms with Crippen molar-refractivity contribution in [3.05, 3.63) is 0 Å². The van der Waals surface area contributed by atoms with Crippen LogP contribution in [0.15, 0.2) is 0 Å². The van der Waals surface area contributed by atoms with Gasteiger partial charge in [0, 0.05) is 24.0 Å². The Bertz CT molecular complexity index is 301. The highest BCUT2D eigenvalue weighted by molar-refractivity contribution is 5.10. The van der Waals surface area contributed by atoms with Gasteiger partial charge in [-0.1, -0.05) is 33.6 Å². The van der Waals surface area contributed by atoms with E-state index in [1.807, 2.05) is 0 Å². The van der Waals surface area contributed by atoms with Gasteiger partial charge in [0.05, 0.1) is 6.10 Å². The summed E-state index contributed by atoms with van der Waals surface area (Å²) in [5, 5.41) is 3.90. The van der Waals surface area contributed by atoms with Gasteiger partial charge in [0.25, 0.3) is 0 Å². The summed E-state index contributed by atoms with van der Waals surface area (Å²) in [5.41, 5.74) is 0.340. The monoisotopic (exact) mass is 251 g/mol. The number of hydrogen-bond acceptors (Lipinski definition) is 2. The van der Waals surface area contributed by atoms with Crippen LogP contribution in [0.1, 0.15) is 52.9 Å². The second-order valence-corrected chi connectivity index (χ2v) is 7.47. The lowest BCUT2D eigenvalue weighted by Crippen LogP contribution is -2.69. The molecule has 2 saturated carbocycles. The third-order valence-electron chi connectivity index (χ3n) is 5.97. The van der Waals surface area contributed by atoms with Crippen LogP contribution < -0.4 is 5.32 Å². The molecule has 0 radical (unpaired) electrons. The zero-order valence-corrected chi connectivity index (χ0v) is 12.2. The highest BCUT2D eigenvalue weighted by Crippen LogP contribution is 2.51. The van der Waals surface area contributed by atoms with Crippen LogP contribution in [0.25, 0.3) is 0 Å². The SMILES string of the molecule is CC1CCCC1CNC1C2CCCOC2C1(C)C. The molecule has 1 N–H and O–H groups in total. The molecule has 0 spiro atoms. The van der Waals surface area contributed by atoms with Crippen molar-refractivity contribution in [1.82, 2.24) is 5.32 Å². The Hall–Kier alpha value is -0.0800. The quantitative estimate of drug-likeness (QED) is 0.831. The number of fused-ring (bicyclic) bond motifs is 1. The minimum atomic E-state index is 0.340. The lowest BCUT2D eigenvalue weighted by atomic mass is 9.55. The molecule has 104 valence electrons. The van der Waals surface area contributed by atoms with Crippen molar-refractivity contribution in [3.63, 3.8) is 0 Å². The largest absolute Gasteiger partial charge is 0.377 e. The Balaban J connectivity index is 1.55. The maximum atomic E-state index is 5.98. The molecule has 3 aliphatic rings. The van der Waals surface area contributed by atoms with Gasteiger partial charge in [0.1, 0.15) is 0 Å². The zero-order chi connectivity index (χ0) is 12.8. The lowest BCUT2D eigenvalue weighted by Gasteiger charge is -2.60. The Morgan fingerprint density at radius 3 is 2.72 bits per heavy atom. The molecule has 3 rings (SSSR count). The molecule has 3 fully saturated rings. The standard InChI is InChI=1S/C16H29NO/c1-11-6-4-7-12(11)10-17-14-13-8-5-9-18-15(13)16(14,2)3/h11-15,17H,4-10H2,1-3H3. The van der Waals surface area contributed by atoms with E-state index in [1.165, 1.54) is 38.6 Å². The van der Waals surface area contributed by atoms with E-state index in [2.05, 4.69) is 26.1 Å². The first-order valence-corrected chi connectivity index (χ1v) is 7.95. The topological polar surface area (TPSA) is 21.3 Å². The first-order chi connectivity index (χ1) is 8.60. The van der Waals surface area contributed by atoms with Crippen molar-refractivity contribution < 1.29 is 4.74 Å². The minimum absolute atomic E-state index is 0.340. The molecular weight excluding hydrogens is 222 g/mol. The van der Waals surface area contributed by atoms with E-state index in [0.29, 0.717) is 17.6 Å². The molecule has 0 aromatic rings. The summed E-state index contributed by atoms with van der Waals surface area (Å²) in [7, 11) is 0. The van der Waals surface area contributed by atoms with Gasteiger partial charge >= 0.3 is 0 Å². The Morgan fingerprint density at radius 2 is 2.00 bits per heavy atom. The molecule has 2 heteroatoms. The first kappa shape index (κ1) is 12.9. The molecule has 1 aliphatic heterocycles. The molecule has 2 nitrogen and oxygen atoms in total. The van der Waals surface area contributed by atoms with Gasteiger partial charge < -0.3 is 10.1 Å². The Kier molecular flexibility index (Phi) is 3.44. The van der Waals surface area contributed by atoms with E-state index >= 15 is 0 Å². The van der Waals surface area contributed by atoms with Crippen LogP contribution in [0.2, 0.25) is 0 Å². The smallest absolute Gasteiger partial charge is 0.0684 e. The van der Waals surface area contributed by atoms with Crippen LogP contribution in [0, 0.1) is 23.2 Å². The minimum Gasteiger partial charge on any atom is -0.377 e. The second-order valence-electron chi connectivity index (χ2n) is 7.47. The van der Waals surface area contributed by atoms with Crippen molar-refractivity contribution in [3.8, 4) is 0 Å². The maximum Gasteiger partial charge on any atom is 0.0684 e. The van der Waals surface area contributed by atoms with Crippen LogP contribution in [-0.4, -0.2) is 25.3 Å². The molecule has 2 aliphatic carbocycles. The average Bonchev–Trinajstić information content (AvgIpc) is 2.75.